The van der Waals surface area contributed by atoms with Crippen LogP contribution in [0.25, 0.3) is 44.2 Å². The smallest absolute Gasteiger partial charge is 0.140 e. The third-order valence-electron chi connectivity index (χ3n) is 7.61. The summed E-state index contributed by atoms with van der Waals surface area (Å²) in [5.41, 5.74) is 18.7. The van der Waals surface area contributed by atoms with E-state index in [0.717, 1.165) is 27.6 Å². The van der Waals surface area contributed by atoms with Crippen molar-refractivity contribution in [2.75, 3.05) is 5.73 Å². The van der Waals surface area contributed by atoms with Crippen molar-refractivity contribution in [1.29, 1.82) is 0 Å². The molecular formula is C31H19NO. The number of hydrogen-bond donors (Lipinski definition) is 1. The molecule has 1 heterocycles. The van der Waals surface area contributed by atoms with E-state index < -0.39 is 5.41 Å². The van der Waals surface area contributed by atoms with Gasteiger partial charge >= 0.3 is 0 Å². The molecule has 0 fully saturated rings. The lowest BCUT2D eigenvalue weighted by atomic mass is 9.70. The van der Waals surface area contributed by atoms with Gasteiger partial charge in [-0.05, 0) is 63.2 Å². The van der Waals surface area contributed by atoms with E-state index in [4.69, 9.17) is 10.2 Å². The fourth-order valence-corrected chi connectivity index (χ4v) is 6.42. The second kappa shape index (κ2) is 5.73. The number of anilines is 1. The van der Waals surface area contributed by atoms with Gasteiger partial charge in [0.15, 0.2) is 0 Å². The predicted octanol–water partition coefficient (Wildman–Crippen LogP) is 7.51. The van der Waals surface area contributed by atoms with Gasteiger partial charge in [-0.15, -0.1) is 0 Å². The molecule has 33 heavy (non-hydrogen) atoms. The Morgan fingerprint density at radius 2 is 1.18 bits per heavy atom. The SMILES string of the molecule is Nc1ccc2c(c1)C1(c3ccccc3-c3ccccc31)c1c-2ccc2c1oc1ccccc12. The standard InChI is InChI=1S/C31H19NO/c32-18-13-14-21-23-15-16-24-22-9-3-6-12-28(22)33-30(24)29(23)31(27(21)17-18)25-10-4-1-7-19(25)20-8-2-5-11-26(20)31/h1-17H,32H2. The molecule has 0 aliphatic heterocycles. The number of furan rings is 1. The summed E-state index contributed by atoms with van der Waals surface area (Å²) in [4.78, 5) is 0. The molecule has 2 N–H and O–H groups in total. The van der Waals surface area contributed by atoms with Crippen LogP contribution >= 0.6 is 0 Å². The van der Waals surface area contributed by atoms with E-state index in [1.165, 1.54) is 44.5 Å². The first-order chi connectivity index (χ1) is 16.3. The minimum absolute atomic E-state index is 0.458. The lowest BCUT2D eigenvalue weighted by molar-refractivity contribution is 0.652. The maximum absolute atomic E-state index is 6.64. The summed E-state index contributed by atoms with van der Waals surface area (Å²) in [5.74, 6) is 0. The Bertz CT molecular complexity index is 1740. The molecule has 0 bridgehead atoms. The fourth-order valence-electron chi connectivity index (χ4n) is 6.42. The van der Waals surface area contributed by atoms with Crippen LogP contribution in [0.2, 0.25) is 0 Å². The first-order valence-electron chi connectivity index (χ1n) is 11.3. The van der Waals surface area contributed by atoms with E-state index in [1.54, 1.807) is 0 Å². The van der Waals surface area contributed by atoms with E-state index in [-0.39, 0.29) is 0 Å². The van der Waals surface area contributed by atoms with Crippen LogP contribution in [0, 0.1) is 0 Å². The summed E-state index contributed by atoms with van der Waals surface area (Å²) in [5, 5.41) is 2.31. The first kappa shape index (κ1) is 17.3. The lowest BCUT2D eigenvalue weighted by Gasteiger charge is -2.30. The molecule has 0 amide bonds. The average Bonchev–Trinajstić information content (AvgIpc) is 3.47. The van der Waals surface area contributed by atoms with Crippen molar-refractivity contribution in [3.63, 3.8) is 0 Å². The second-order valence-electron chi connectivity index (χ2n) is 9.11. The molecule has 8 rings (SSSR count). The van der Waals surface area contributed by atoms with Crippen LogP contribution in [0.3, 0.4) is 0 Å². The molecule has 154 valence electrons. The Balaban J connectivity index is 1.66. The van der Waals surface area contributed by atoms with Gasteiger partial charge in [0.05, 0.1) is 5.41 Å². The van der Waals surface area contributed by atoms with Gasteiger partial charge < -0.3 is 10.2 Å². The molecule has 0 saturated heterocycles. The van der Waals surface area contributed by atoms with Crippen LogP contribution in [0.5, 0.6) is 0 Å². The normalized spacial score (nSPS) is 14.4. The third kappa shape index (κ3) is 1.88. The van der Waals surface area contributed by atoms with E-state index in [9.17, 15) is 0 Å². The van der Waals surface area contributed by atoms with Crippen molar-refractivity contribution < 1.29 is 4.42 Å². The number of hydrogen-bond acceptors (Lipinski definition) is 2. The number of nitrogens with two attached hydrogens (primary N) is 1. The van der Waals surface area contributed by atoms with Crippen molar-refractivity contribution >= 4 is 27.6 Å². The Hall–Kier alpha value is -4.30. The predicted molar refractivity (Wildman–Crippen MR) is 134 cm³/mol. The van der Waals surface area contributed by atoms with Crippen LogP contribution in [-0.2, 0) is 5.41 Å². The van der Waals surface area contributed by atoms with Crippen molar-refractivity contribution in [2.24, 2.45) is 0 Å². The molecule has 6 aromatic rings. The fraction of sp³-hybridized carbons (Fsp3) is 0.0323. The van der Waals surface area contributed by atoms with E-state index in [0.29, 0.717) is 0 Å². The molecule has 2 nitrogen and oxygen atoms in total. The molecule has 2 heteroatoms. The Kier molecular flexibility index (Phi) is 3.00. The van der Waals surface area contributed by atoms with Crippen LogP contribution in [0.1, 0.15) is 22.3 Å². The molecule has 5 aromatic carbocycles. The lowest BCUT2D eigenvalue weighted by Crippen LogP contribution is -2.26. The summed E-state index contributed by atoms with van der Waals surface area (Å²) in [7, 11) is 0. The summed E-state index contributed by atoms with van der Waals surface area (Å²) < 4.78 is 6.64. The maximum atomic E-state index is 6.64. The summed E-state index contributed by atoms with van der Waals surface area (Å²) in [6, 6.07) is 36.8. The molecule has 0 atom stereocenters. The van der Waals surface area contributed by atoms with Crippen molar-refractivity contribution in [2.45, 2.75) is 5.41 Å². The number of nitrogen functional groups attached to an aromatic ring is 1. The Morgan fingerprint density at radius 3 is 1.97 bits per heavy atom. The van der Waals surface area contributed by atoms with E-state index >= 15 is 0 Å². The highest BCUT2D eigenvalue weighted by atomic mass is 16.3. The first-order valence-corrected chi connectivity index (χ1v) is 11.3. The van der Waals surface area contributed by atoms with Gasteiger partial charge in [0.2, 0.25) is 0 Å². The van der Waals surface area contributed by atoms with Crippen LogP contribution < -0.4 is 5.73 Å². The van der Waals surface area contributed by atoms with Crippen molar-refractivity contribution in [3.8, 4) is 22.3 Å². The van der Waals surface area contributed by atoms with Gasteiger partial charge in [0.1, 0.15) is 11.2 Å². The zero-order valence-corrected chi connectivity index (χ0v) is 17.8. The van der Waals surface area contributed by atoms with Gasteiger partial charge in [-0.25, -0.2) is 0 Å². The Morgan fingerprint density at radius 1 is 0.545 bits per heavy atom. The highest BCUT2D eigenvalue weighted by Crippen LogP contribution is 2.64. The number of benzene rings is 5. The van der Waals surface area contributed by atoms with E-state index in [2.05, 4.69) is 91.0 Å². The molecule has 0 radical (unpaired) electrons. The molecule has 0 unspecified atom stereocenters. The van der Waals surface area contributed by atoms with Gasteiger partial charge in [0.25, 0.3) is 0 Å². The number of fused-ring (bicyclic) bond motifs is 14. The van der Waals surface area contributed by atoms with Crippen LogP contribution in [0.4, 0.5) is 5.69 Å². The highest BCUT2D eigenvalue weighted by Gasteiger charge is 2.53. The summed E-state index contributed by atoms with van der Waals surface area (Å²) >= 11 is 0. The van der Waals surface area contributed by atoms with Gasteiger partial charge in [-0.1, -0.05) is 78.9 Å². The topological polar surface area (TPSA) is 39.2 Å². The molecule has 1 spiro atoms. The number of rotatable bonds is 0. The van der Waals surface area contributed by atoms with Crippen molar-refractivity contribution in [1.82, 2.24) is 0 Å². The Labute approximate surface area is 190 Å². The van der Waals surface area contributed by atoms with Crippen molar-refractivity contribution in [3.05, 3.63) is 125 Å². The molecule has 2 aliphatic carbocycles. The highest BCUT2D eigenvalue weighted by molar-refractivity contribution is 6.11. The summed E-state index contributed by atoms with van der Waals surface area (Å²) in [6.45, 7) is 0. The zero-order valence-electron chi connectivity index (χ0n) is 17.8. The minimum Gasteiger partial charge on any atom is -0.456 e. The van der Waals surface area contributed by atoms with Gasteiger partial charge in [-0.3, -0.25) is 0 Å². The third-order valence-corrected chi connectivity index (χ3v) is 7.61. The monoisotopic (exact) mass is 421 g/mol. The maximum Gasteiger partial charge on any atom is 0.140 e. The van der Waals surface area contributed by atoms with Crippen LogP contribution in [0.15, 0.2) is 108 Å². The second-order valence-corrected chi connectivity index (χ2v) is 9.11. The van der Waals surface area contributed by atoms with Gasteiger partial charge in [0, 0.05) is 22.0 Å². The quantitative estimate of drug-likeness (QED) is 0.257. The minimum atomic E-state index is -0.458. The van der Waals surface area contributed by atoms with Gasteiger partial charge in [-0.2, -0.15) is 0 Å². The summed E-state index contributed by atoms with van der Waals surface area (Å²) in [6.07, 6.45) is 0. The zero-order chi connectivity index (χ0) is 21.7. The number of para-hydroxylation sites is 1. The van der Waals surface area contributed by atoms with Crippen LogP contribution in [-0.4, -0.2) is 0 Å². The molecule has 1 aromatic heterocycles. The van der Waals surface area contributed by atoms with E-state index in [1.807, 2.05) is 12.1 Å². The largest absolute Gasteiger partial charge is 0.456 e. The average molecular weight is 421 g/mol. The molecule has 2 aliphatic rings. The molecular weight excluding hydrogens is 402 g/mol. The molecule has 0 saturated carbocycles.